The molecule has 0 unspecified atom stereocenters. The molecule has 7 nitrogen and oxygen atoms in total. The molecule has 0 atom stereocenters. The van der Waals surface area contributed by atoms with Gasteiger partial charge in [-0.05, 0) is 12.8 Å². The third-order valence-corrected chi connectivity index (χ3v) is 7.00. The molecule has 0 radical (unpaired) electrons. The van der Waals surface area contributed by atoms with E-state index in [1.807, 2.05) is 0 Å². The second-order valence-electron chi connectivity index (χ2n) is 3.18. The van der Waals surface area contributed by atoms with Crippen LogP contribution in [0.4, 0.5) is 0 Å². The molecule has 0 aromatic carbocycles. The van der Waals surface area contributed by atoms with Gasteiger partial charge in [-0.3, -0.25) is 9.13 Å². The van der Waals surface area contributed by atoms with E-state index in [2.05, 4.69) is 0 Å². The van der Waals surface area contributed by atoms with E-state index in [4.69, 9.17) is 24.3 Å². The van der Waals surface area contributed by atoms with Crippen molar-refractivity contribution in [3.05, 3.63) is 0 Å². The highest BCUT2D eigenvalue weighted by Gasteiger charge is 2.60. The Morgan fingerprint density at radius 1 is 0.929 bits per heavy atom. The summed E-state index contributed by atoms with van der Waals surface area (Å²) in [5, 5.41) is 0. The van der Waals surface area contributed by atoms with E-state index < -0.39 is 20.1 Å². The molecule has 9 heteroatoms. The third kappa shape index (κ3) is 1.95. The lowest BCUT2D eigenvalue weighted by Crippen LogP contribution is -2.35. The zero-order valence-electron chi connectivity index (χ0n) is 7.24. The predicted molar refractivity (Wildman–Crippen MR) is 46.9 cm³/mol. The van der Waals surface area contributed by atoms with Gasteiger partial charge >= 0.3 is 15.2 Å². The van der Waals surface area contributed by atoms with Crippen molar-refractivity contribution in [2.45, 2.75) is 17.7 Å². The highest BCUT2D eigenvalue weighted by Crippen LogP contribution is 2.72. The van der Waals surface area contributed by atoms with Gasteiger partial charge in [-0.2, -0.15) is 0 Å². The molecular formula is C5H12O7P2. The Balaban J connectivity index is 3.15. The van der Waals surface area contributed by atoms with Gasteiger partial charge in [-0.15, -0.1) is 0 Å². The summed E-state index contributed by atoms with van der Waals surface area (Å²) in [6.07, 6.45) is -0.636. The van der Waals surface area contributed by atoms with E-state index in [0.29, 0.717) is 0 Å². The lowest BCUT2D eigenvalue weighted by Gasteiger charge is -2.37. The van der Waals surface area contributed by atoms with Crippen LogP contribution in [0, 0.1) is 0 Å². The molecule has 0 spiro atoms. The highest BCUT2D eigenvalue weighted by molar-refractivity contribution is 7.72. The van der Waals surface area contributed by atoms with Gasteiger partial charge in [0.05, 0.1) is 0 Å². The van der Waals surface area contributed by atoms with Crippen molar-refractivity contribution in [1.29, 1.82) is 0 Å². The summed E-state index contributed by atoms with van der Waals surface area (Å²) in [6.45, 7) is -0.0908. The Bertz CT molecular complexity index is 271. The molecule has 0 aromatic heterocycles. The zero-order chi connectivity index (χ0) is 11.0. The molecule has 1 rings (SSSR count). The number of rotatable bonds is 2. The van der Waals surface area contributed by atoms with Gasteiger partial charge in [0.1, 0.15) is 0 Å². The van der Waals surface area contributed by atoms with Crippen LogP contribution in [0.1, 0.15) is 12.8 Å². The molecule has 0 saturated carbocycles. The summed E-state index contributed by atoms with van der Waals surface area (Å²) in [4.78, 5) is 33.7. The molecule has 1 aliphatic heterocycles. The monoisotopic (exact) mass is 246 g/mol. The summed E-state index contributed by atoms with van der Waals surface area (Å²) in [6, 6.07) is 0. The van der Waals surface area contributed by atoms with Gasteiger partial charge in [-0.1, -0.05) is 0 Å². The normalized spacial score (nSPS) is 23.4. The van der Waals surface area contributed by atoms with E-state index in [0.717, 1.165) is 0 Å². The fourth-order valence-corrected chi connectivity index (χ4v) is 4.34. The van der Waals surface area contributed by atoms with Crippen LogP contribution in [0.3, 0.4) is 0 Å². The number of ether oxygens (including phenoxy) is 1. The second-order valence-corrected chi connectivity index (χ2v) is 7.42. The van der Waals surface area contributed by atoms with Crippen LogP contribution in [0.2, 0.25) is 0 Å². The Hall–Kier alpha value is 0.260. The summed E-state index contributed by atoms with van der Waals surface area (Å²) >= 11 is 0. The van der Waals surface area contributed by atoms with Crippen molar-refractivity contribution >= 4 is 15.2 Å². The van der Waals surface area contributed by atoms with Gasteiger partial charge < -0.3 is 24.3 Å². The Labute approximate surface area is 80.4 Å². The predicted octanol–water partition coefficient (Wildman–Crippen LogP) is -0.152. The Kier molecular flexibility index (Phi) is 3.24. The van der Waals surface area contributed by atoms with Crippen molar-refractivity contribution in [3.8, 4) is 0 Å². The molecule has 1 aliphatic rings. The summed E-state index contributed by atoms with van der Waals surface area (Å²) in [5.41, 5.74) is 0. The molecule has 1 saturated heterocycles. The molecule has 0 amide bonds. The van der Waals surface area contributed by atoms with E-state index in [1.54, 1.807) is 0 Å². The van der Waals surface area contributed by atoms with Crippen molar-refractivity contribution in [3.63, 3.8) is 0 Å². The maximum atomic E-state index is 11.1. The third-order valence-electron chi connectivity index (χ3n) is 2.38. The minimum Gasteiger partial charge on any atom is -0.381 e. The van der Waals surface area contributed by atoms with Crippen molar-refractivity contribution in [1.82, 2.24) is 0 Å². The molecule has 14 heavy (non-hydrogen) atoms. The Morgan fingerprint density at radius 3 is 1.50 bits per heavy atom. The van der Waals surface area contributed by atoms with Crippen LogP contribution in [0.25, 0.3) is 0 Å². The van der Waals surface area contributed by atoms with Gasteiger partial charge in [0.15, 0.2) is 4.90 Å². The lowest BCUT2D eigenvalue weighted by molar-refractivity contribution is 0.0787. The van der Waals surface area contributed by atoms with Gasteiger partial charge in [0.2, 0.25) is 0 Å². The molecule has 0 aromatic rings. The first-order chi connectivity index (χ1) is 6.21. The van der Waals surface area contributed by atoms with Crippen LogP contribution in [0.5, 0.6) is 0 Å². The first-order valence-corrected chi connectivity index (χ1v) is 7.12. The number of hydrogen-bond donors (Lipinski definition) is 4. The van der Waals surface area contributed by atoms with E-state index in [9.17, 15) is 9.13 Å². The quantitative estimate of drug-likeness (QED) is 0.499. The molecule has 4 N–H and O–H groups in total. The van der Waals surface area contributed by atoms with Crippen LogP contribution in [-0.4, -0.2) is 37.7 Å². The molecule has 1 heterocycles. The van der Waals surface area contributed by atoms with Crippen molar-refractivity contribution in [2.24, 2.45) is 0 Å². The first-order valence-electron chi connectivity index (χ1n) is 3.90. The van der Waals surface area contributed by atoms with Crippen LogP contribution < -0.4 is 0 Å². The average molecular weight is 246 g/mol. The molecule has 0 bridgehead atoms. The zero-order valence-corrected chi connectivity index (χ0v) is 9.03. The fourth-order valence-electron chi connectivity index (χ4n) is 1.45. The average Bonchev–Trinajstić information content (AvgIpc) is 2.02. The van der Waals surface area contributed by atoms with Gasteiger partial charge in [-0.25, -0.2) is 0 Å². The fraction of sp³-hybridized carbons (Fsp3) is 1.00. The van der Waals surface area contributed by atoms with Crippen LogP contribution in [-0.2, 0) is 13.9 Å². The lowest BCUT2D eigenvalue weighted by atomic mass is 10.2. The first kappa shape index (κ1) is 12.3. The summed E-state index contributed by atoms with van der Waals surface area (Å²) in [7, 11) is -9.67. The second kappa shape index (κ2) is 3.68. The smallest absolute Gasteiger partial charge is 0.343 e. The highest BCUT2D eigenvalue weighted by atomic mass is 31.2. The molecule has 0 aliphatic carbocycles. The van der Waals surface area contributed by atoms with E-state index >= 15 is 0 Å². The summed E-state index contributed by atoms with van der Waals surface area (Å²) in [5.74, 6) is 0. The maximum Gasteiger partial charge on any atom is 0.343 e. The van der Waals surface area contributed by atoms with E-state index in [1.165, 1.54) is 0 Å². The molecular weight excluding hydrogens is 234 g/mol. The van der Waals surface area contributed by atoms with Crippen LogP contribution in [0.15, 0.2) is 0 Å². The summed E-state index contributed by atoms with van der Waals surface area (Å²) < 4.78 is 27.0. The van der Waals surface area contributed by atoms with Gasteiger partial charge in [0.25, 0.3) is 0 Å². The molecule has 1 fully saturated rings. The minimum absolute atomic E-state index is 0.0454. The van der Waals surface area contributed by atoms with Crippen molar-refractivity contribution in [2.75, 3.05) is 13.2 Å². The minimum atomic E-state index is -4.84. The Morgan fingerprint density at radius 2 is 1.29 bits per heavy atom. The SMILES string of the molecule is O=P(O)(O)C1(P(=O)(O)O)CCOCC1. The van der Waals surface area contributed by atoms with E-state index in [-0.39, 0.29) is 26.1 Å². The largest absolute Gasteiger partial charge is 0.381 e. The standard InChI is InChI=1S/C5H12O7P2/c6-13(7,8)5(14(9,10)11)1-3-12-4-2-5/h1-4H2,(H2,6,7,8)(H2,9,10,11). The van der Waals surface area contributed by atoms with Crippen LogP contribution >= 0.6 is 15.2 Å². The van der Waals surface area contributed by atoms with Crippen molar-refractivity contribution < 1.29 is 33.4 Å². The number of hydrogen-bond acceptors (Lipinski definition) is 3. The van der Waals surface area contributed by atoms with Gasteiger partial charge in [0, 0.05) is 13.2 Å². The molecule has 84 valence electrons. The topological polar surface area (TPSA) is 124 Å². The maximum absolute atomic E-state index is 11.1.